The summed E-state index contributed by atoms with van der Waals surface area (Å²) < 4.78 is 57.3. The number of halogens is 4. The van der Waals surface area contributed by atoms with Crippen LogP contribution >= 0.6 is 0 Å². The first-order valence-electron chi connectivity index (χ1n) is 6.25. The van der Waals surface area contributed by atoms with Crippen LogP contribution in [0.4, 0.5) is 23.2 Å². The quantitative estimate of drug-likeness (QED) is 0.511. The molecular formula is C15H13F4NO. The van der Waals surface area contributed by atoms with Crippen LogP contribution in [-0.4, -0.2) is 13.2 Å². The van der Waals surface area contributed by atoms with E-state index < -0.39 is 29.0 Å². The fourth-order valence-electron chi connectivity index (χ4n) is 1.70. The molecule has 0 saturated heterocycles. The van der Waals surface area contributed by atoms with Gasteiger partial charge in [-0.15, -0.1) is 0 Å². The molecule has 21 heavy (non-hydrogen) atoms. The van der Waals surface area contributed by atoms with Crippen molar-refractivity contribution in [2.75, 3.05) is 18.5 Å². The number of nitrogens with one attached hydrogen (secondary N) is 1. The maximum Gasteiger partial charge on any atom is 0.203 e. The number of aryl methyl sites for hydroxylation is 1. The van der Waals surface area contributed by atoms with Gasteiger partial charge in [0.25, 0.3) is 0 Å². The van der Waals surface area contributed by atoms with Crippen molar-refractivity contribution in [1.82, 2.24) is 0 Å². The van der Waals surface area contributed by atoms with Gasteiger partial charge in [0, 0.05) is 18.3 Å². The summed E-state index contributed by atoms with van der Waals surface area (Å²) in [6.45, 7) is 2.02. The molecule has 1 N–H and O–H groups in total. The Bertz CT molecular complexity index is 602. The Labute approximate surface area is 119 Å². The van der Waals surface area contributed by atoms with E-state index in [0.29, 0.717) is 0 Å². The lowest BCUT2D eigenvalue weighted by molar-refractivity contribution is 0.282. The maximum absolute atomic E-state index is 13.3. The second-order valence-corrected chi connectivity index (χ2v) is 4.44. The van der Waals surface area contributed by atoms with Crippen molar-refractivity contribution in [2.45, 2.75) is 6.92 Å². The van der Waals surface area contributed by atoms with Crippen molar-refractivity contribution < 1.29 is 22.3 Å². The van der Waals surface area contributed by atoms with E-state index in [-0.39, 0.29) is 19.2 Å². The van der Waals surface area contributed by atoms with Crippen molar-refractivity contribution in [1.29, 1.82) is 0 Å². The summed E-state index contributed by atoms with van der Waals surface area (Å²) in [5.41, 5.74) is 1.90. The number of rotatable bonds is 5. The van der Waals surface area contributed by atoms with E-state index in [0.717, 1.165) is 11.3 Å². The average Bonchev–Trinajstić information content (AvgIpc) is 2.46. The van der Waals surface area contributed by atoms with Crippen LogP contribution < -0.4 is 10.1 Å². The first-order valence-corrected chi connectivity index (χ1v) is 6.25. The first kappa shape index (κ1) is 15.2. The molecule has 0 aromatic heterocycles. The van der Waals surface area contributed by atoms with Crippen molar-refractivity contribution in [3.63, 3.8) is 0 Å². The van der Waals surface area contributed by atoms with E-state index in [1.165, 1.54) is 0 Å². The molecule has 0 radical (unpaired) electrons. The van der Waals surface area contributed by atoms with Crippen LogP contribution in [0.2, 0.25) is 0 Å². The Morgan fingerprint density at radius 2 is 1.52 bits per heavy atom. The number of anilines is 1. The molecule has 0 fully saturated rings. The molecule has 2 rings (SSSR count). The molecule has 112 valence electrons. The maximum atomic E-state index is 13.3. The van der Waals surface area contributed by atoms with E-state index in [4.69, 9.17) is 4.74 Å². The molecule has 0 aliphatic carbocycles. The van der Waals surface area contributed by atoms with Crippen molar-refractivity contribution >= 4 is 5.69 Å². The van der Waals surface area contributed by atoms with Crippen LogP contribution in [0, 0.1) is 30.2 Å². The van der Waals surface area contributed by atoms with Gasteiger partial charge in [0.05, 0.1) is 0 Å². The molecular weight excluding hydrogens is 286 g/mol. The second-order valence-electron chi connectivity index (χ2n) is 4.44. The van der Waals surface area contributed by atoms with Gasteiger partial charge in [-0.1, -0.05) is 17.7 Å². The zero-order valence-electron chi connectivity index (χ0n) is 11.2. The predicted molar refractivity (Wildman–Crippen MR) is 71.4 cm³/mol. The lowest BCUT2D eigenvalue weighted by atomic mass is 10.2. The third-order valence-corrected chi connectivity index (χ3v) is 2.80. The summed E-state index contributed by atoms with van der Waals surface area (Å²) in [6, 6.07) is 7.59. The minimum Gasteiger partial charge on any atom is -0.486 e. The van der Waals surface area contributed by atoms with Gasteiger partial charge in [0.1, 0.15) is 6.61 Å². The SMILES string of the molecule is Cc1ccc(NCCOc2c(F)c(F)cc(F)c2F)cc1. The summed E-state index contributed by atoms with van der Waals surface area (Å²) >= 11 is 0. The van der Waals surface area contributed by atoms with Gasteiger partial charge >= 0.3 is 0 Å². The van der Waals surface area contributed by atoms with E-state index in [2.05, 4.69) is 5.32 Å². The van der Waals surface area contributed by atoms with Gasteiger partial charge in [0.2, 0.25) is 11.6 Å². The smallest absolute Gasteiger partial charge is 0.203 e. The molecule has 2 aromatic rings. The lowest BCUT2D eigenvalue weighted by Crippen LogP contribution is -2.13. The van der Waals surface area contributed by atoms with Crippen LogP contribution in [0.25, 0.3) is 0 Å². The molecule has 2 nitrogen and oxygen atoms in total. The van der Waals surface area contributed by atoms with Crippen LogP contribution in [0.5, 0.6) is 5.75 Å². The highest BCUT2D eigenvalue weighted by Gasteiger charge is 2.20. The highest BCUT2D eigenvalue weighted by atomic mass is 19.2. The number of benzene rings is 2. The molecule has 0 saturated carbocycles. The molecule has 0 heterocycles. The van der Waals surface area contributed by atoms with Crippen LogP contribution in [0.1, 0.15) is 5.56 Å². The second kappa shape index (κ2) is 6.47. The zero-order valence-corrected chi connectivity index (χ0v) is 11.2. The largest absolute Gasteiger partial charge is 0.486 e. The Balaban J connectivity index is 1.93. The molecule has 0 spiro atoms. The summed E-state index contributed by atoms with van der Waals surface area (Å²) in [4.78, 5) is 0. The molecule has 6 heteroatoms. The first-order chi connectivity index (χ1) is 9.99. The third kappa shape index (κ3) is 3.65. The van der Waals surface area contributed by atoms with Crippen LogP contribution in [0.3, 0.4) is 0 Å². The van der Waals surface area contributed by atoms with Gasteiger partial charge in [0.15, 0.2) is 17.4 Å². The fraction of sp³-hybridized carbons (Fsp3) is 0.200. The standard InChI is InChI=1S/C15H13F4NO/c1-9-2-4-10(5-3-9)20-6-7-21-15-13(18)11(16)8-12(17)14(15)19/h2-5,8,20H,6-7H2,1H3. The molecule has 0 amide bonds. The summed E-state index contributed by atoms with van der Waals surface area (Å²) in [7, 11) is 0. The number of hydrogen-bond donors (Lipinski definition) is 1. The number of hydrogen-bond acceptors (Lipinski definition) is 2. The van der Waals surface area contributed by atoms with E-state index in [9.17, 15) is 17.6 Å². The molecule has 0 atom stereocenters. The Morgan fingerprint density at radius 1 is 0.952 bits per heavy atom. The highest BCUT2D eigenvalue weighted by molar-refractivity contribution is 5.44. The third-order valence-electron chi connectivity index (χ3n) is 2.80. The lowest BCUT2D eigenvalue weighted by Gasteiger charge is -2.11. The number of ether oxygens (including phenoxy) is 1. The van der Waals surface area contributed by atoms with Crippen LogP contribution in [0.15, 0.2) is 30.3 Å². The fourth-order valence-corrected chi connectivity index (χ4v) is 1.70. The Hall–Kier alpha value is -2.24. The predicted octanol–water partition coefficient (Wildman–Crippen LogP) is 4.04. The molecule has 0 unspecified atom stereocenters. The van der Waals surface area contributed by atoms with E-state index in [1.54, 1.807) is 0 Å². The van der Waals surface area contributed by atoms with Crippen molar-refractivity contribution in [3.05, 3.63) is 59.2 Å². The summed E-state index contributed by atoms with van der Waals surface area (Å²) in [5.74, 6) is -7.10. The molecule has 2 aromatic carbocycles. The van der Waals surface area contributed by atoms with E-state index >= 15 is 0 Å². The van der Waals surface area contributed by atoms with Crippen molar-refractivity contribution in [2.24, 2.45) is 0 Å². The molecule has 0 aliphatic rings. The van der Waals surface area contributed by atoms with Gasteiger partial charge in [-0.2, -0.15) is 8.78 Å². The van der Waals surface area contributed by atoms with Crippen molar-refractivity contribution in [3.8, 4) is 5.75 Å². The molecule has 0 bridgehead atoms. The molecule has 0 aliphatic heterocycles. The highest BCUT2D eigenvalue weighted by Crippen LogP contribution is 2.26. The average molecular weight is 299 g/mol. The normalized spacial score (nSPS) is 10.5. The summed E-state index contributed by atoms with van der Waals surface area (Å²) in [6.07, 6.45) is 0. The van der Waals surface area contributed by atoms with Gasteiger partial charge in [-0.25, -0.2) is 8.78 Å². The van der Waals surface area contributed by atoms with Gasteiger partial charge in [-0.3, -0.25) is 0 Å². The minimum atomic E-state index is -1.54. The zero-order chi connectivity index (χ0) is 15.4. The van der Waals surface area contributed by atoms with Crippen LogP contribution in [-0.2, 0) is 0 Å². The van der Waals surface area contributed by atoms with Gasteiger partial charge in [-0.05, 0) is 19.1 Å². The Morgan fingerprint density at radius 3 is 2.10 bits per heavy atom. The van der Waals surface area contributed by atoms with E-state index in [1.807, 2.05) is 31.2 Å². The summed E-state index contributed by atoms with van der Waals surface area (Å²) in [5, 5.41) is 2.95. The topological polar surface area (TPSA) is 21.3 Å². The van der Waals surface area contributed by atoms with Gasteiger partial charge < -0.3 is 10.1 Å². The Kier molecular flexibility index (Phi) is 4.67. The monoisotopic (exact) mass is 299 g/mol. The minimum absolute atomic E-state index is 0.141.